The van der Waals surface area contributed by atoms with Gasteiger partial charge in [0.2, 0.25) is 10.9 Å². The molecular formula is C10H7NO4S. The molecule has 1 aliphatic carbocycles. The van der Waals surface area contributed by atoms with Crippen molar-refractivity contribution in [3.63, 3.8) is 0 Å². The molecule has 0 aromatic heterocycles. The average Bonchev–Trinajstić information content (AvgIpc) is 2.23. The van der Waals surface area contributed by atoms with Crippen LogP contribution in [0.15, 0.2) is 30.4 Å². The Morgan fingerprint density at radius 3 is 2.38 bits per heavy atom. The van der Waals surface area contributed by atoms with Gasteiger partial charge in [-0.05, 0) is 18.2 Å². The quantitative estimate of drug-likeness (QED) is 0.736. The maximum atomic E-state index is 11.6. The second kappa shape index (κ2) is 3.90. The Balaban J connectivity index is 2.63. The Labute approximate surface area is 92.9 Å². The molecule has 0 bridgehead atoms. The van der Waals surface area contributed by atoms with Gasteiger partial charge in [-0.2, -0.15) is 0 Å². The molecule has 0 aliphatic heterocycles. The summed E-state index contributed by atoms with van der Waals surface area (Å²) in [6.07, 6.45) is 2.30. The van der Waals surface area contributed by atoms with Gasteiger partial charge in [0.1, 0.15) is 0 Å². The van der Waals surface area contributed by atoms with Gasteiger partial charge in [-0.3, -0.25) is 14.3 Å². The Hall–Kier alpha value is -1.95. The van der Waals surface area contributed by atoms with Gasteiger partial charge in [0.15, 0.2) is 11.6 Å². The Morgan fingerprint density at radius 1 is 1.00 bits per heavy atom. The highest BCUT2D eigenvalue weighted by molar-refractivity contribution is 7.73. The molecule has 2 rings (SSSR count). The molecule has 5 nitrogen and oxygen atoms in total. The summed E-state index contributed by atoms with van der Waals surface area (Å²) in [6.45, 7) is 0. The zero-order valence-corrected chi connectivity index (χ0v) is 8.86. The van der Waals surface area contributed by atoms with Crippen LogP contribution in [-0.4, -0.2) is 20.0 Å². The van der Waals surface area contributed by atoms with Crippen molar-refractivity contribution in [2.24, 2.45) is 0 Å². The van der Waals surface area contributed by atoms with Gasteiger partial charge in [0, 0.05) is 5.56 Å². The molecule has 16 heavy (non-hydrogen) atoms. The number of rotatable bonds is 2. The summed E-state index contributed by atoms with van der Waals surface area (Å²) in [5.74, 6) is -0.686. The number of benzene rings is 1. The number of thiol groups is 1. The maximum absolute atomic E-state index is 11.6. The van der Waals surface area contributed by atoms with Crippen LogP contribution >= 0.6 is 0 Å². The van der Waals surface area contributed by atoms with Gasteiger partial charge in [-0.25, -0.2) is 8.42 Å². The van der Waals surface area contributed by atoms with Gasteiger partial charge in [0.05, 0.1) is 11.3 Å². The minimum atomic E-state index is -2.86. The molecule has 82 valence electrons. The molecule has 0 radical (unpaired) electrons. The van der Waals surface area contributed by atoms with E-state index < -0.39 is 10.9 Å². The van der Waals surface area contributed by atoms with E-state index >= 15 is 0 Å². The first-order valence-electron chi connectivity index (χ1n) is 4.40. The molecule has 1 N–H and O–H groups in total. The lowest BCUT2D eigenvalue weighted by atomic mass is 9.93. The third kappa shape index (κ3) is 1.74. The van der Waals surface area contributed by atoms with Crippen LogP contribution in [0, 0.1) is 0 Å². The van der Waals surface area contributed by atoms with E-state index in [2.05, 4.69) is 4.72 Å². The standard InChI is InChI=1S/C10H7NO4S/c12-8-4-5-9(13)10-6(8)2-1-3-7(10)11-16(14)15/h1-5,16H,(H,11,14,15). The summed E-state index contributed by atoms with van der Waals surface area (Å²) < 4.78 is 23.2. The van der Waals surface area contributed by atoms with Gasteiger partial charge in [-0.15, -0.1) is 0 Å². The van der Waals surface area contributed by atoms with Crippen LogP contribution in [0.3, 0.4) is 0 Å². The number of allylic oxidation sites excluding steroid dienone is 2. The van der Waals surface area contributed by atoms with Crippen molar-refractivity contribution in [1.82, 2.24) is 0 Å². The summed E-state index contributed by atoms with van der Waals surface area (Å²) in [5.41, 5.74) is 0.458. The highest BCUT2D eigenvalue weighted by Crippen LogP contribution is 2.24. The van der Waals surface area contributed by atoms with E-state index in [0.29, 0.717) is 0 Å². The zero-order valence-electron chi connectivity index (χ0n) is 7.97. The minimum Gasteiger partial charge on any atom is -0.289 e. The summed E-state index contributed by atoms with van der Waals surface area (Å²) in [6, 6.07) is 4.45. The van der Waals surface area contributed by atoms with Crippen LogP contribution in [0.1, 0.15) is 20.7 Å². The molecule has 0 amide bonds. The summed E-state index contributed by atoms with van der Waals surface area (Å²) in [5, 5.41) is 0. The van der Waals surface area contributed by atoms with E-state index in [4.69, 9.17) is 0 Å². The number of hydrogen-bond acceptors (Lipinski definition) is 4. The van der Waals surface area contributed by atoms with Crippen LogP contribution in [0.4, 0.5) is 5.69 Å². The van der Waals surface area contributed by atoms with E-state index in [1.54, 1.807) is 0 Å². The number of hydrogen-bond donors (Lipinski definition) is 2. The summed E-state index contributed by atoms with van der Waals surface area (Å²) >= 11 is 0. The highest BCUT2D eigenvalue weighted by Gasteiger charge is 2.22. The van der Waals surface area contributed by atoms with Crippen molar-refractivity contribution in [3.05, 3.63) is 41.5 Å². The van der Waals surface area contributed by atoms with Crippen LogP contribution in [0.5, 0.6) is 0 Å². The van der Waals surface area contributed by atoms with Crippen molar-refractivity contribution in [2.75, 3.05) is 4.72 Å². The molecule has 1 aliphatic rings. The highest BCUT2D eigenvalue weighted by atomic mass is 32.2. The molecule has 0 unspecified atom stereocenters. The predicted octanol–water partition coefficient (Wildman–Crippen LogP) is 0.560. The zero-order chi connectivity index (χ0) is 11.7. The van der Waals surface area contributed by atoms with E-state index in [1.807, 2.05) is 0 Å². The van der Waals surface area contributed by atoms with Gasteiger partial charge < -0.3 is 0 Å². The number of carbonyl (C=O) groups is 2. The fourth-order valence-corrected chi connectivity index (χ4v) is 1.92. The monoisotopic (exact) mass is 237 g/mol. The largest absolute Gasteiger partial charge is 0.289 e. The molecule has 0 atom stereocenters. The van der Waals surface area contributed by atoms with Gasteiger partial charge in [0.25, 0.3) is 0 Å². The number of anilines is 1. The van der Waals surface area contributed by atoms with Crippen LogP contribution < -0.4 is 4.72 Å². The fraction of sp³-hybridized carbons (Fsp3) is 0. The third-order valence-electron chi connectivity index (χ3n) is 2.17. The molecule has 0 heterocycles. The number of nitrogens with one attached hydrogen (secondary N) is 1. The van der Waals surface area contributed by atoms with Gasteiger partial charge >= 0.3 is 0 Å². The van der Waals surface area contributed by atoms with Gasteiger partial charge in [-0.1, -0.05) is 12.1 Å². The molecule has 1 aromatic carbocycles. The van der Waals surface area contributed by atoms with Crippen molar-refractivity contribution in [2.45, 2.75) is 0 Å². The smallest absolute Gasteiger partial charge is 0.222 e. The molecule has 0 spiro atoms. The minimum absolute atomic E-state index is 0.106. The van der Waals surface area contributed by atoms with Crippen molar-refractivity contribution in [3.8, 4) is 0 Å². The second-order valence-corrected chi connectivity index (χ2v) is 3.90. The first kappa shape index (κ1) is 10.6. The van der Waals surface area contributed by atoms with E-state index in [-0.39, 0.29) is 28.4 Å². The molecule has 6 heteroatoms. The molecular weight excluding hydrogens is 230 g/mol. The second-order valence-electron chi connectivity index (χ2n) is 3.16. The third-order valence-corrected chi connectivity index (χ3v) is 2.60. The number of fused-ring (bicyclic) bond motifs is 1. The average molecular weight is 237 g/mol. The Bertz CT molecular complexity index is 578. The number of carbonyl (C=O) groups excluding carboxylic acids is 2. The summed E-state index contributed by atoms with van der Waals surface area (Å²) in [7, 11) is -2.86. The van der Waals surface area contributed by atoms with Crippen molar-refractivity contribution in [1.29, 1.82) is 0 Å². The molecule has 0 fully saturated rings. The topological polar surface area (TPSA) is 80.3 Å². The van der Waals surface area contributed by atoms with Crippen molar-refractivity contribution < 1.29 is 18.0 Å². The fourth-order valence-electron chi connectivity index (χ4n) is 1.54. The van der Waals surface area contributed by atoms with Crippen LogP contribution in [0.25, 0.3) is 0 Å². The molecule has 1 aromatic rings. The SMILES string of the molecule is O=C1C=CC(=O)c2c(N[SH](=O)=O)cccc21. The molecule has 0 saturated heterocycles. The van der Waals surface area contributed by atoms with Crippen LogP contribution in [0.2, 0.25) is 0 Å². The number of ketones is 2. The lowest BCUT2D eigenvalue weighted by Crippen LogP contribution is -2.14. The molecule has 0 saturated carbocycles. The van der Waals surface area contributed by atoms with E-state index in [9.17, 15) is 18.0 Å². The van der Waals surface area contributed by atoms with Crippen LogP contribution in [-0.2, 0) is 10.9 Å². The van der Waals surface area contributed by atoms with E-state index in [1.165, 1.54) is 24.3 Å². The lowest BCUT2D eigenvalue weighted by Gasteiger charge is -2.12. The first-order chi connectivity index (χ1) is 7.59. The normalized spacial score (nSPS) is 14.1. The summed E-state index contributed by atoms with van der Waals surface area (Å²) in [4.78, 5) is 23.0. The Kier molecular flexibility index (Phi) is 2.57. The van der Waals surface area contributed by atoms with Crippen molar-refractivity contribution >= 4 is 28.1 Å². The Morgan fingerprint density at radius 2 is 1.69 bits per heavy atom. The lowest BCUT2D eigenvalue weighted by molar-refractivity contribution is 0.0994. The predicted molar refractivity (Wildman–Crippen MR) is 58.2 cm³/mol. The maximum Gasteiger partial charge on any atom is 0.222 e. The van der Waals surface area contributed by atoms with E-state index in [0.717, 1.165) is 6.08 Å². The first-order valence-corrected chi connectivity index (χ1v) is 5.58.